The van der Waals surface area contributed by atoms with Crippen molar-refractivity contribution in [2.75, 3.05) is 31.8 Å². The van der Waals surface area contributed by atoms with E-state index in [2.05, 4.69) is 5.32 Å². The van der Waals surface area contributed by atoms with Gasteiger partial charge in [0, 0.05) is 25.4 Å². The molecule has 0 saturated carbocycles. The number of carbonyl (C=O) groups is 2. The van der Waals surface area contributed by atoms with Crippen LogP contribution in [0, 0.1) is 0 Å². The zero-order chi connectivity index (χ0) is 23.8. The van der Waals surface area contributed by atoms with Gasteiger partial charge in [-0.2, -0.15) is 0 Å². The fourth-order valence-electron chi connectivity index (χ4n) is 3.16. The van der Waals surface area contributed by atoms with E-state index in [4.69, 9.17) is 4.74 Å². The molecule has 33 heavy (non-hydrogen) atoms. The number of carbonyl (C=O) groups excluding carboxylic acids is 2. The molecule has 0 aromatic heterocycles. The third-order valence-electron chi connectivity index (χ3n) is 4.93. The Bertz CT molecular complexity index is 1230. The van der Waals surface area contributed by atoms with E-state index >= 15 is 0 Å². The van der Waals surface area contributed by atoms with Crippen molar-refractivity contribution in [1.29, 1.82) is 0 Å². The van der Waals surface area contributed by atoms with Gasteiger partial charge in [0.2, 0.25) is 0 Å². The van der Waals surface area contributed by atoms with Crippen molar-refractivity contribution in [2.45, 2.75) is 11.3 Å². The molecule has 0 saturated heterocycles. The second-order valence-corrected chi connectivity index (χ2v) is 9.56. The molecule has 0 radical (unpaired) electrons. The van der Waals surface area contributed by atoms with Crippen molar-refractivity contribution in [1.82, 2.24) is 4.90 Å². The van der Waals surface area contributed by atoms with Crippen molar-refractivity contribution in [3.05, 3.63) is 90.0 Å². The van der Waals surface area contributed by atoms with Gasteiger partial charge in [-0.3, -0.25) is 9.59 Å². The van der Waals surface area contributed by atoms with Gasteiger partial charge < -0.3 is 15.0 Å². The minimum absolute atomic E-state index is 0.196. The Kier molecular flexibility index (Phi) is 7.84. The highest BCUT2D eigenvalue weighted by Gasteiger charge is 2.17. The highest BCUT2D eigenvalue weighted by Crippen LogP contribution is 2.19. The number of ether oxygens (including phenoxy) is 1. The van der Waals surface area contributed by atoms with Gasteiger partial charge in [-0.15, -0.1) is 0 Å². The number of hydrogen-bond donors (Lipinski definition) is 1. The van der Waals surface area contributed by atoms with Crippen LogP contribution in [0.25, 0.3) is 0 Å². The van der Waals surface area contributed by atoms with E-state index in [0.717, 1.165) is 6.26 Å². The van der Waals surface area contributed by atoms with Gasteiger partial charge in [0.1, 0.15) is 5.75 Å². The summed E-state index contributed by atoms with van der Waals surface area (Å²) in [7, 11) is -1.62. The normalized spacial score (nSPS) is 11.0. The van der Waals surface area contributed by atoms with Crippen molar-refractivity contribution in [3.63, 3.8) is 0 Å². The van der Waals surface area contributed by atoms with Gasteiger partial charge in [-0.05, 0) is 48.9 Å². The number of amides is 2. The van der Waals surface area contributed by atoms with Gasteiger partial charge in [0.25, 0.3) is 11.8 Å². The lowest BCUT2D eigenvalue weighted by Gasteiger charge is -2.19. The van der Waals surface area contributed by atoms with E-state index in [-0.39, 0.29) is 16.7 Å². The second kappa shape index (κ2) is 10.8. The monoisotopic (exact) mass is 466 g/mol. The average molecular weight is 467 g/mol. The highest BCUT2D eigenvalue weighted by atomic mass is 32.2. The molecule has 3 aromatic rings. The van der Waals surface area contributed by atoms with Crippen LogP contribution >= 0.6 is 0 Å². The predicted octanol–water partition coefficient (Wildman–Crippen LogP) is 3.88. The first kappa shape index (κ1) is 24.0. The number of sulfone groups is 1. The van der Waals surface area contributed by atoms with Crippen molar-refractivity contribution in [3.8, 4) is 5.75 Å². The number of nitrogens with zero attached hydrogens (tertiary/aromatic N) is 1. The van der Waals surface area contributed by atoms with E-state index < -0.39 is 9.84 Å². The number of anilines is 1. The molecule has 0 atom stereocenters. The van der Waals surface area contributed by atoms with Gasteiger partial charge in [-0.25, -0.2) is 8.42 Å². The van der Waals surface area contributed by atoms with E-state index in [9.17, 15) is 18.0 Å². The molecular formula is C25H26N2O5S. The highest BCUT2D eigenvalue weighted by molar-refractivity contribution is 7.90. The van der Waals surface area contributed by atoms with E-state index in [1.165, 1.54) is 12.1 Å². The summed E-state index contributed by atoms with van der Waals surface area (Å²) in [6.45, 7) is 0.739. The third-order valence-corrected chi connectivity index (χ3v) is 6.04. The number of hydrogen-bond acceptors (Lipinski definition) is 5. The number of rotatable bonds is 9. The largest absolute Gasteiger partial charge is 0.493 e. The molecule has 7 nitrogen and oxygen atoms in total. The van der Waals surface area contributed by atoms with Crippen molar-refractivity contribution in [2.24, 2.45) is 0 Å². The molecule has 3 rings (SSSR count). The third kappa shape index (κ3) is 6.66. The van der Waals surface area contributed by atoms with E-state index in [0.29, 0.717) is 42.1 Å². The molecule has 1 N–H and O–H groups in total. The number of benzene rings is 3. The van der Waals surface area contributed by atoms with Crippen LogP contribution in [-0.2, 0) is 9.84 Å². The number of nitrogens with one attached hydrogen (secondary N) is 1. The maximum atomic E-state index is 13.0. The Balaban J connectivity index is 1.57. The lowest BCUT2D eigenvalue weighted by molar-refractivity contribution is 0.0789. The van der Waals surface area contributed by atoms with Gasteiger partial charge in [-0.1, -0.05) is 36.4 Å². The average Bonchev–Trinajstić information content (AvgIpc) is 2.82. The summed E-state index contributed by atoms with van der Waals surface area (Å²) >= 11 is 0. The summed E-state index contributed by atoms with van der Waals surface area (Å²) < 4.78 is 29.0. The molecule has 0 aliphatic rings. The molecule has 0 unspecified atom stereocenters. The van der Waals surface area contributed by atoms with Crippen LogP contribution in [0.5, 0.6) is 5.75 Å². The summed E-state index contributed by atoms with van der Waals surface area (Å²) in [6.07, 6.45) is 1.69. The van der Waals surface area contributed by atoms with Crippen molar-refractivity contribution >= 4 is 27.3 Å². The van der Waals surface area contributed by atoms with E-state index in [1.54, 1.807) is 72.6 Å². The van der Waals surface area contributed by atoms with Gasteiger partial charge in [0.15, 0.2) is 9.84 Å². The summed E-state index contributed by atoms with van der Waals surface area (Å²) in [5.74, 6) is -0.0536. The Morgan fingerprint density at radius 2 is 1.64 bits per heavy atom. The Hall–Kier alpha value is -3.65. The standard InChI is InChI=1S/C25H26N2O5S/c1-27(16-9-17-32-20-12-8-13-21(18-20)33(2,30)31)25(29)22-14-6-7-15-23(22)26-24(28)19-10-4-3-5-11-19/h3-8,10-15,18H,9,16-17H2,1-2H3,(H,26,28). The Labute approximate surface area is 193 Å². The summed E-state index contributed by atoms with van der Waals surface area (Å²) in [5, 5.41) is 2.81. The van der Waals surface area contributed by atoms with Crippen LogP contribution in [0.2, 0.25) is 0 Å². The summed E-state index contributed by atoms with van der Waals surface area (Å²) in [6, 6.07) is 22.0. The van der Waals surface area contributed by atoms with Crippen molar-refractivity contribution < 1.29 is 22.7 Å². The van der Waals surface area contributed by atoms with Crippen LogP contribution in [0.1, 0.15) is 27.1 Å². The van der Waals surface area contributed by atoms with Crippen LogP contribution in [0.4, 0.5) is 5.69 Å². The summed E-state index contributed by atoms with van der Waals surface area (Å²) in [4.78, 5) is 27.2. The van der Waals surface area contributed by atoms with Gasteiger partial charge >= 0.3 is 0 Å². The first-order valence-corrected chi connectivity index (χ1v) is 12.3. The molecule has 3 aromatic carbocycles. The lowest BCUT2D eigenvalue weighted by Crippen LogP contribution is -2.29. The molecule has 0 aliphatic heterocycles. The zero-order valence-corrected chi connectivity index (χ0v) is 19.3. The quantitative estimate of drug-likeness (QED) is 0.483. The topological polar surface area (TPSA) is 92.8 Å². The van der Waals surface area contributed by atoms with Gasteiger partial charge in [0.05, 0.1) is 22.8 Å². The van der Waals surface area contributed by atoms with Crippen LogP contribution in [0.15, 0.2) is 83.8 Å². The molecule has 172 valence electrons. The SMILES string of the molecule is CN(CCCOc1cccc(S(C)(=O)=O)c1)C(=O)c1ccccc1NC(=O)c1ccccc1. The first-order chi connectivity index (χ1) is 15.8. The summed E-state index contributed by atoms with van der Waals surface area (Å²) in [5.41, 5.74) is 1.34. The van der Waals surface area contributed by atoms with Crippen LogP contribution < -0.4 is 10.1 Å². The maximum Gasteiger partial charge on any atom is 0.255 e. The minimum Gasteiger partial charge on any atom is -0.493 e. The molecule has 0 fully saturated rings. The molecule has 8 heteroatoms. The Morgan fingerprint density at radius 1 is 0.939 bits per heavy atom. The van der Waals surface area contributed by atoms with E-state index in [1.807, 2.05) is 6.07 Å². The Morgan fingerprint density at radius 3 is 2.36 bits per heavy atom. The number of para-hydroxylation sites is 1. The molecule has 0 aliphatic carbocycles. The van der Waals surface area contributed by atoms with Crippen LogP contribution in [0.3, 0.4) is 0 Å². The molecular weight excluding hydrogens is 440 g/mol. The molecule has 0 heterocycles. The zero-order valence-electron chi connectivity index (χ0n) is 18.5. The molecule has 0 spiro atoms. The first-order valence-electron chi connectivity index (χ1n) is 10.4. The second-order valence-electron chi connectivity index (χ2n) is 7.54. The minimum atomic E-state index is -3.30. The fourth-order valence-corrected chi connectivity index (χ4v) is 3.81. The molecule has 0 bridgehead atoms. The predicted molar refractivity (Wildman–Crippen MR) is 127 cm³/mol. The fraction of sp³-hybridized carbons (Fsp3) is 0.200. The lowest BCUT2D eigenvalue weighted by atomic mass is 10.1. The van der Waals surface area contributed by atoms with Crippen LogP contribution in [-0.4, -0.2) is 51.6 Å². The molecule has 2 amide bonds. The maximum absolute atomic E-state index is 13.0. The smallest absolute Gasteiger partial charge is 0.255 e.